The first-order valence-electron chi connectivity index (χ1n) is 5.83. The van der Waals surface area contributed by atoms with E-state index in [9.17, 15) is 13.2 Å². The molecule has 1 amide bonds. The van der Waals surface area contributed by atoms with Gasteiger partial charge in [0.05, 0.1) is 11.5 Å². The predicted molar refractivity (Wildman–Crippen MR) is 61.7 cm³/mol. The zero-order valence-electron chi connectivity index (χ0n) is 9.82. The monoisotopic (exact) mass is 245 g/mol. The molecule has 5 heteroatoms. The lowest BCUT2D eigenvalue weighted by Gasteiger charge is -2.29. The highest BCUT2D eigenvalue weighted by molar-refractivity contribution is 7.91. The first kappa shape index (κ1) is 11.9. The second kappa shape index (κ2) is 3.72. The summed E-state index contributed by atoms with van der Waals surface area (Å²) in [5.74, 6) is 0.929. The Morgan fingerprint density at radius 1 is 1.50 bits per heavy atom. The normalized spacial score (nSPS) is 37.2. The minimum absolute atomic E-state index is 0.0164. The molecule has 2 unspecified atom stereocenters. The number of rotatable bonds is 2. The van der Waals surface area contributed by atoms with Crippen molar-refractivity contribution in [2.24, 2.45) is 11.3 Å². The van der Waals surface area contributed by atoms with E-state index in [4.69, 9.17) is 0 Å². The number of hydrogen-bond donors (Lipinski definition) is 1. The summed E-state index contributed by atoms with van der Waals surface area (Å²) in [6.07, 6.45) is 1.91. The fourth-order valence-electron chi connectivity index (χ4n) is 2.98. The number of nitrogens with one attached hydrogen (secondary N) is 1. The fraction of sp³-hybridized carbons (Fsp3) is 0.909. The van der Waals surface area contributed by atoms with E-state index in [1.165, 1.54) is 0 Å². The van der Waals surface area contributed by atoms with Crippen molar-refractivity contribution in [1.29, 1.82) is 0 Å². The summed E-state index contributed by atoms with van der Waals surface area (Å²) in [6.45, 7) is 4.20. The van der Waals surface area contributed by atoms with Crippen molar-refractivity contribution in [1.82, 2.24) is 5.32 Å². The van der Waals surface area contributed by atoms with Gasteiger partial charge in [0.15, 0.2) is 9.84 Å². The van der Waals surface area contributed by atoms with Crippen molar-refractivity contribution in [3.8, 4) is 0 Å². The van der Waals surface area contributed by atoms with E-state index < -0.39 is 9.84 Å². The van der Waals surface area contributed by atoms with Crippen LogP contribution in [0.15, 0.2) is 0 Å². The summed E-state index contributed by atoms with van der Waals surface area (Å²) in [5, 5.41) is 2.95. The Morgan fingerprint density at radius 3 is 2.69 bits per heavy atom. The molecule has 0 bridgehead atoms. The van der Waals surface area contributed by atoms with Crippen LogP contribution in [0.1, 0.15) is 33.1 Å². The lowest BCUT2D eigenvalue weighted by molar-refractivity contribution is -0.119. The molecule has 4 nitrogen and oxygen atoms in total. The molecular formula is C11H19NO3S. The molecular weight excluding hydrogens is 226 g/mol. The average molecular weight is 245 g/mol. The van der Waals surface area contributed by atoms with Gasteiger partial charge in [0.25, 0.3) is 0 Å². The van der Waals surface area contributed by atoms with Crippen molar-refractivity contribution in [3.05, 3.63) is 0 Å². The Labute approximate surface area is 96.7 Å². The molecule has 1 N–H and O–H groups in total. The van der Waals surface area contributed by atoms with E-state index in [0.29, 0.717) is 18.8 Å². The van der Waals surface area contributed by atoms with Crippen molar-refractivity contribution in [2.75, 3.05) is 11.5 Å². The quantitative estimate of drug-likeness (QED) is 0.780. The van der Waals surface area contributed by atoms with Crippen LogP contribution in [0.3, 0.4) is 0 Å². The van der Waals surface area contributed by atoms with E-state index in [1.54, 1.807) is 0 Å². The molecule has 2 saturated heterocycles. The van der Waals surface area contributed by atoms with Crippen LogP contribution in [0.25, 0.3) is 0 Å². The molecule has 2 aliphatic rings. The molecule has 0 aromatic carbocycles. The molecule has 0 radical (unpaired) electrons. The Morgan fingerprint density at radius 2 is 2.19 bits per heavy atom. The second-order valence-corrected chi connectivity index (χ2v) is 7.81. The van der Waals surface area contributed by atoms with Crippen molar-refractivity contribution >= 4 is 15.7 Å². The summed E-state index contributed by atoms with van der Waals surface area (Å²) in [6, 6.07) is 0.0530. The Kier molecular flexibility index (Phi) is 2.77. The summed E-state index contributed by atoms with van der Waals surface area (Å²) >= 11 is 0. The fourth-order valence-corrected chi connectivity index (χ4v) is 5.16. The van der Waals surface area contributed by atoms with Gasteiger partial charge in [-0.05, 0) is 18.8 Å². The average Bonchev–Trinajstić information content (AvgIpc) is 2.54. The van der Waals surface area contributed by atoms with Gasteiger partial charge in [-0.2, -0.15) is 0 Å². The standard InChI is InChI=1S/C11H19NO3S/c1-8(2)5-9-11(6-10(13)12-9)3-4-16(14,15)7-11/h8-9H,3-7H2,1-2H3,(H,12,13). The van der Waals surface area contributed by atoms with E-state index in [2.05, 4.69) is 19.2 Å². The Hall–Kier alpha value is -0.580. The van der Waals surface area contributed by atoms with Gasteiger partial charge in [0, 0.05) is 17.9 Å². The molecule has 2 aliphatic heterocycles. The second-order valence-electron chi connectivity index (χ2n) is 5.63. The summed E-state index contributed by atoms with van der Waals surface area (Å²) in [7, 11) is -2.92. The third-order valence-corrected chi connectivity index (χ3v) is 5.55. The van der Waals surface area contributed by atoms with Crippen LogP contribution < -0.4 is 5.32 Å². The van der Waals surface area contributed by atoms with Crippen LogP contribution in [0.4, 0.5) is 0 Å². The first-order valence-corrected chi connectivity index (χ1v) is 7.65. The minimum atomic E-state index is -2.92. The maximum absolute atomic E-state index is 11.6. The SMILES string of the molecule is CC(C)CC1NC(=O)CC12CCS(=O)(=O)C2. The molecule has 2 rings (SSSR count). The van der Waals surface area contributed by atoms with E-state index >= 15 is 0 Å². The van der Waals surface area contributed by atoms with Crippen LogP contribution in [0, 0.1) is 11.3 Å². The lowest BCUT2D eigenvalue weighted by atomic mass is 9.77. The van der Waals surface area contributed by atoms with Gasteiger partial charge in [0.2, 0.25) is 5.91 Å². The number of hydrogen-bond acceptors (Lipinski definition) is 3. The highest BCUT2D eigenvalue weighted by atomic mass is 32.2. The van der Waals surface area contributed by atoms with Crippen LogP contribution in [0.5, 0.6) is 0 Å². The maximum atomic E-state index is 11.6. The van der Waals surface area contributed by atoms with Gasteiger partial charge >= 0.3 is 0 Å². The van der Waals surface area contributed by atoms with Crippen LogP contribution in [0.2, 0.25) is 0 Å². The van der Waals surface area contributed by atoms with Crippen molar-refractivity contribution < 1.29 is 13.2 Å². The van der Waals surface area contributed by atoms with E-state index in [-0.39, 0.29) is 28.9 Å². The zero-order chi connectivity index (χ0) is 12.0. The Balaban J connectivity index is 2.22. The summed E-state index contributed by atoms with van der Waals surface area (Å²) in [5.41, 5.74) is -0.305. The highest BCUT2D eigenvalue weighted by Crippen LogP contribution is 2.44. The number of carbonyl (C=O) groups excluding carboxylic acids is 1. The largest absolute Gasteiger partial charge is 0.353 e. The molecule has 0 saturated carbocycles. The predicted octanol–water partition coefficient (Wildman–Crippen LogP) is 0.726. The number of carbonyl (C=O) groups is 1. The maximum Gasteiger partial charge on any atom is 0.220 e. The molecule has 2 fully saturated rings. The van der Waals surface area contributed by atoms with Gasteiger partial charge in [-0.3, -0.25) is 4.79 Å². The van der Waals surface area contributed by atoms with Gasteiger partial charge in [-0.25, -0.2) is 8.42 Å². The van der Waals surface area contributed by atoms with Crippen LogP contribution >= 0.6 is 0 Å². The van der Waals surface area contributed by atoms with Gasteiger partial charge < -0.3 is 5.32 Å². The summed E-state index contributed by atoms with van der Waals surface area (Å²) < 4.78 is 23.2. The smallest absolute Gasteiger partial charge is 0.220 e. The summed E-state index contributed by atoms with van der Waals surface area (Å²) in [4.78, 5) is 11.5. The lowest BCUT2D eigenvalue weighted by Crippen LogP contribution is -2.39. The third-order valence-electron chi connectivity index (χ3n) is 3.71. The number of sulfone groups is 1. The Bertz CT molecular complexity index is 401. The molecule has 0 aromatic rings. The van der Waals surface area contributed by atoms with Crippen LogP contribution in [-0.4, -0.2) is 31.9 Å². The first-order chi connectivity index (χ1) is 7.33. The van der Waals surface area contributed by atoms with E-state index in [1.807, 2.05) is 0 Å². The molecule has 92 valence electrons. The molecule has 2 heterocycles. The molecule has 16 heavy (non-hydrogen) atoms. The van der Waals surface area contributed by atoms with E-state index in [0.717, 1.165) is 6.42 Å². The highest BCUT2D eigenvalue weighted by Gasteiger charge is 2.53. The van der Waals surface area contributed by atoms with Crippen LogP contribution in [-0.2, 0) is 14.6 Å². The zero-order valence-corrected chi connectivity index (χ0v) is 10.6. The van der Waals surface area contributed by atoms with Gasteiger partial charge in [-0.15, -0.1) is 0 Å². The molecule has 0 aliphatic carbocycles. The topological polar surface area (TPSA) is 63.2 Å². The van der Waals surface area contributed by atoms with Crippen molar-refractivity contribution in [2.45, 2.75) is 39.2 Å². The molecule has 0 aromatic heterocycles. The van der Waals surface area contributed by atoms with Crippen molar-refractivity contribution in [3.63, 3.8) is 0 Å². The minimum Gasteiger partial charge on any atom is -0.353 e. The molecule has 2 atom stereocenters. The number of amides is 1. The third kappa shape index (κ3) is 2.10. The van der Waals surface area contributed by atoms with Gasteiger partial charge in [0.1, 0.15) is 0 Å². The molecule has 1 spiro atoms. The van der Waals surface area contributed by atoms with Gasteiger partial charge in [-0.1, -0.05) is 13.8 Å².